The molecule has 1 aromatic rings. The van der Waals surface area contributed by atoms with Gasteiger partial charge in [-0.3, -0.25) is 4.79 Å². The highest BCUT2D eigenvalue weighted by Crippen LogP contribution is 2.14. The van der Waals surface area contributed by atoms with Gasteiger partial charge in [-0.15, -0.1) is 0 Å². The lowest BCUT2D eigenvalue weighted by atomic mass is 10.1. The first-order valence-corrected chi connectivity index (χ1v) is 6.91. The highest BCUT2D eigenvalue weighted by atomic mass is 32.1. The molecule has 0 fully saturated rings. The van der Waals surface area contributed by atoms with Crippen LogP contribution in [0.5, 0.6) is 0 Å². The Hall–Kier alpha value is -1.43. The highest BCUT2D eigenvalue weighted by molar-refractivity contribution is 7.80. The summed E-state index contributed by atoms with van der Waals surface area (Å²) in [5, 5.41) is 0. The smallest absolute Gasteiger partial charge is 0.252 e. The molecule has 106 valence electrons. The fraction of sp³-hybridized carbons (Fsp3) is 0.615. The number of nitrogens with two attached hydrogens (primary N) is 1. The maximum atomic E-state index is 11.7. The number of rotatable bonds is 6. The van der Waals surface area contributed by atoms with Crippen molar-refractivity contribution in [1.29, 1.82) is 0 Å². The minimum Gasteiger partial charge on any atom is -0.393 e. The number of nitrogens with zero attached hydrogens (tertiary/aromatic N) is 2. The average Bonchev–Trinajstić information content (AvgIpc) is 2.34. The first-order valence-electron chi connectivity index (χ1n) is 6.50. The molecular formula is C13H22N4OS. The Bertz CT molecular complexity index is 498. The van der Waals surface area contributed by atoms with Gasteiger partial charge in [0, 0.05) is 31.0 Å². The summed E-state index contributed by atoms with van der Waals surface area (Å²) in [6, 6.07) is 1.52. The summed E-state index contributed by atoms with van der Waals surface area (Å²) in [7, 11) is 0. The second kappa shape index (κ2) is 6.65. The van der Waals surface area contributed by atoms with Crippen molar-refractivity contribution in [2.75, 3.05) is 18.0 Å². The zero-order chi connectivity index (χ0) is 14.6. The zero-order valence-electron chi connectivity index (χ0n) is 11.9. The van der Waals surface area contributed by atoms with Crippen molar-refractivity contribution < 1.29 is 0 Å². The topological polar surface area (TPSA) is 75.0 Å². The average molecular weight is 282 g/mol. The number of thiocarbonyl (C=S) groups is 1. The molecule has 19 heavy (non-hydrogen) atoms. The second-order valence-corrected chi connectivity index (χ2v) is 5.46. The van der Waals surface area contributed by atoms with Gasteiger partial charge in [0.15, 0.2) is 0 Å². The summed E-state index contributed by atoms with van der Waals surface area (Å²) in [5.74, 6) is 1.64. The van der Waals surface area contributed by atoms with Crippen LogP contribution in [-0.4, -0.2) is 28.0 Å². The van der Waals surface area contributed by atoms with Crippen LogP contribution < -0.4 is 16.2 Å². The van der Waals surface area contributed by atoms with Crippen LogP contribution in [0, 0.1) is 5.92 Å². The molecule has 0 aliphatic heterocycles. The number of aromatic amines is 1. The summed E-state index contributed by atoms with van der Waals surface area (Å²) >= 11 is 4.99. The molecule has 0 aromatic carbocycles. The third kappa shape index (κ3) is 4.31. The van der Waals surface area contributed by atoms with Gasteiger partial charge in [0.05, 0.1) is 4.99 Å². The molecule has 0 amide bonds. The lowest BCUT2D eigenvalue weighted by molar-refractivity contribution is 0.686. The molecule has 0 aliphatic rings. The van der Waals surface area contributed by atoms with Crippen molar-refractivity contribution in [2.45, 2.75) is 33.6 Å². The van der Waals surface area contributed by atoms with Crippen molar-refractivity contribution in [2.24, 2.45) is 11.7 Å². The third-order valence-corrected chi connectivity index (χ3v) is 3.38. The standard InChI is InChI=1S/C13H22N4OS/c1-5-17(7-9(4)12(14)19)10-6-11(18)16-13(15-10)8(2)3/h6,8-9H,5,7H2,1-4H3,(H2,14,19)(H,15,16,18). The van der Waals surface area contributed by atoms with Crippen LogP contribution in [-0.2, 0) is 0 Å². The van der Waals surface area contributed by atoms with Gasteiger partial charge in [0.1, 0.15) is 11.6 Å². The van der Waals surface area contributed by atoms with E-state index in [0.29, 0.717) is 23.2 Å². The third-order valence-electron chi connectivity index (χ3n) is 2.98. The van der Waals surface area contributed by atoms with Crippen LogP contribution in [0.15, 0.2) is 10.9 Å². The van der Waals surface area contributed by atoms with Crippen molar-refractivity contribution in [1.82, 2.24) is 9.97 Å². The number of H-pyrrole nitrogens is 1. The predicted molar refractivity (Wildman–Crippen MR) is 82.8 cm³/mol. The molecule has 0 saturated carbocycles. The fourth-order valence-corrected chi connectivity index (χ4v) is 1.78. The number of anilines is 1. The van der Waals surface area contributed by atoms with E-state index in [1.54, 1.807) is 0 Å². The first-order chi connectivity index (χ1) is 8.85. The van der Waals surface area contributed by atoms with Crippen molar-refractivity contribution in [3.05, 3.63) is 22.2 Å². The number of nitrogens with one attached hydrogen (secondary N) is 1. The molecule has 5 nitrogen and oxygen atoms in total. The zero-order valence-corrected chi connectivity index (χ0v) is 12.8. The molecule has 1 heterocycles. The number of hydrogen-bond donors (Lipinski definition) is 2. The molecule has 1 unspecified atom stereocenters. The number of hydrogen-bond acceptors (Lipinski definition) is 4. The Morgan fingerprint density at radius 3 is 2.63 bits per heavy atom. The van der Waals surface area contributed by atoms with Crippen molar-refractivity contribution >= 4 is 23.0 Å². The van der Waals surface area contributed by atoms with Crippen molar-refractivity contribution in [3.63, 3.8) is 0 Å². The van der Waals surface area contributed by atoms with Gasteiger partial charge < -0.3 is 15.6 Å². The van der Waals surface area contributed by atoms with Crippen LogP contribution in [0.3, 0.4) is 0 Å². The Kier molecular flexibility index (Phi) is 5.47. The fourth-order valence-electron chi connectivity index (χ4n) is 1.70. The van der Waals surface area contributed by atoms with Gasteiger partial charge >= 0.3 is 0 Å². The second-order valence-electron chi connectivity index (χ2n) is 4.99. The minimum absolute atomic E-state index is 0.0820. The van der Waals surface area contributed by atoms with E-state index in [9.17, 15) is 4.79 Å². The first kappa shape index (κ1) is 15.6. The van der Waals surface area contributed by atoms with Crippen LogP contribution in [0.25, 0.3) is 0 Å². The van der Waals surface area contributed by atoms with Gasteiger partial charge in [0.2, 0.25) is 0 Å². The van der Waals surface area contributed by atoms with Crippen LogP contribution in [0.2, 0.25) is 0 Å². The van der Waals surface area contributed by atoms with E-state index in [0.717, 1.165) is 6.54 Å². The number of aromatic nitrogens is 2. The van der Waals surface area contributed by atoms with Crippen LogP contribution >= 0.6 is 12.2 Å². The van der Waals surface area contributed by atoms with Gasteiger partial charge in [-0.1, -0.05) is 33.0 Å². The summed E-state index contributed by atoms with van der Waals surface area (Å²) in [6.45, 7) is 9.40. The van der Waals surface area contributed by atoms with Crippen molar-refractivity contribution in [3.8, 4) is 0 Å². The van der Waals surface area contributed by atoms with E-state index in [1.165, 1.54) is 6.07 Å². The lowest BCUT2D eigenvalue weighted by Crippen LogP contribution is -2.35. The predicted octanol–water partition coefficient (Wildman–Crippen LogP) is 1.64. The Morgan fingerprint density at radius 2 is 2.16 bits per heavy atom. The van der Waals surface area contributed by atoms with E-state index in [1.807, 2.05) is 32.6 Å². The molecule has 1 rings (SSSR count). The summed E-state index contributed by atoms with van der Waals surface area (Å²) in [5.41, 5.74) is 5.51. The normalized spacial score (nSPS) is 12.5. The molecular weight excluding hydrogens is 260 g/mol. The maximum absolute atomic E-state index is 11.7. The van der Waals surface area contributed by atoms with Gasteiger partial charge in [-0.25, -0.2) is 4.98 Å². The molecule has 3 N–H and O–H groups in total. The molecule has 0 bridgehead atoms. The molecule has 0 spiro atoms. The highest BCUT2D eigenvalue weighted by Gasteiger charge is 2.14. The SMILES string of the molecule is CCN(CC(C)C(N)=S)c1cc(=O)[nH]c(C(C)C)n1. The molecule has 6 heteroatoms. The monoisotopic (exact) mass is 282 g/mol. The Labute approximate surface area is 119 Å². The molecule has 0 radical (unpaired) electrons. The van der Waals surface area contributed by atoms with E-state index in [-0.39, 0.29) is 17.4 Å². The maximum Gasteiger partial charge on any atom is 0.252 e. The molecule has 1 aromatic heterocycles. The molecule has 1 atom stereocenters. The van der Waals surface area contributed by atoms with E-state index in [4.69, 9.17) is 18.0 Å². The summed E-state index contributed by atoms with van der Waals surface area (Å²) in [6.07, 6.45) is 0. The molecule has 0 saturated heterocycles. The van der Waals surface area contributed by atoms with Gasteiger partial charge in [-0.05, 0) is 6.92 Å². The minimum atomic E-state index is -0.130. The summed E-state index contributed by atoms with van der Waals surface area (Å²) < 4.78 is 0. The Balaban J connectivity index is 3.04. The van der Waals surface area contributed by atoms with Gasteiger partial charge in [0.25, 0.3) is 5.56 Å². The van der Waals surface area contributed by atoms with E-state index < -0.39 is 0 Å². The Morgan fingerprint density at radius 1 is 1.53 bits per heavy atom. The summed E-state index contributed by atoms with van der Waals surface area (Å²) in [4.78, 5) is 21.4. The van der Waals surface area contributed by atoms with E-state index >= 15 is 0 Å². The largest absolute Gasteiger partial charge is 0.393 e. The lowest BCUT2D eigenvalue weighted by Gasteiger charge is -2.25. The van der Waals surface area contributed by atoms with Crippen LogP contribution in [0.1, 0.15) is 39.4 Å². The quantitative estimate of drug-likeness (QED) is 0.776. The molecule has 0 aliphatic carbocycles. The van der Waals surface area contributed by atoms with E-state index in [2.05, 4.69) is 9.97 Å². The van der Waals surface area contributed by atoms with Crippen LogP contribution in [0.4, 0.5) is 5.82 Å². The van der Waals surface area contributed by atoms with Gasteiger partial charge in [-0.2, -0.15) is 0 Å².